The lowest BCUT2D eigenvalue weighted by Crippen LogP contribution is -2.28. The fraction of sp³-hybridized carbons (Fsp3) is 0.294. The maximum absolute atomic E-state index is 6.36. The predicted molar refractivity (Wildman–Crippen MR) is 149 cm³/mol. The summed E-state index contributed by atoms with van der Waals surface area (Å²) in [5.41, 5.74) is 6.52. The summed E-state index contributed by atoms with van der Waals surface area (Å²) < 4.78 is 34.4. The first-order chi connectivity index (χ1) is 19.8. The Kier molecular flexibility index (Phi) is 5.80. The van der Waals surface area contributed by atoms with Crippen molar-refractivity contribution in [2.24, 2.45) is 0 Å². The number of ether oxygens (including phenoxy) is 6. The Morgan fingerprint density at radius 1 is 0.550 bits per heavy atom. The SMILES string of the molecule is c1ccc2c(c1)-c1c(OCC3CO3)cccc1C2(c1ccc(OCC2CO2)cc1)c1ccc(OCC2CO2)cc1. The number of hydrogen-bond donors (Lipinski definition) is 0. The molecule has 4 aromatic carbocycles. The van der Waals surface area contributed by atoms with Crippen molar-refractivity contribution in [3.8, 4) is 28.4 Å². The minimum absolute atomic E-state index is 0.180. The van der Waals surface area contributed by atoms with Crippen LogP contribution < -0.4 is 14.2 Å². The van der Waals surface area contributed by atoms with Crippen LogP contribution in [0.25, 0.3) is 11.1 Å². The second-order valence-electron chi connectivity index (χ2n) is 10.8. The average Bonchev–Trinajstić information content (AvgIpc) is 3.86. The fourth-order valence-electron chi connectivity index (χ4n) is 5.86. The van der Waals surface area contributed by atoms with Gasteiger partial charge in [-0.15, -0.1) is 0 Å². The maximum Gasteiger partial charge on any atom is 0.127 e. The molecule has 4 aliphatic rings. The molecule has 3 aliphatic heterocycles. The number of hydrogen-bond acceptors (Lipinski definition) is 6. The Bertz CT molecular complexity index is 1460. The summed E-state index contributed by atoms with van der Waals surface area (Å²) in [6, 6.07) is 32.1. The summed E-state index contributed by atoms with van der Waals surface area (Å²) in [4.78, 5) is 0. The summed E-state index contributed by atoms with van der Waals surface area (Å²) in [7, 11) is 0. The van der Waals surface area contributed by atoms with Gasteiger partial charge in [0.25, 0.3) is 0 Å². The van der Waals surface area contributed by atoms with Gasteiger partial charge in [-0.1, -0.05) is 60.7 Å². The van der Waals surface area contributed by atoms with Gasteiger partial charge < -0.3 is 28.4 Å². The summed E-state index contributed by atoms with van der Waals surface area (Å²) in [5, 5.41) is 0. The summed E-state index contributed by atoms with van der Waals surface area (Å²) in [5.74, 6) is 2.57. The zero-order valence-corrected chi connectivity index (χ0v) is 22.1. The second kappa shape index (κ2) is 9.66. The van der Waals surface area contributed by atoms with Crippen molar-refractivity contribution in [3.63, 3.8) is 0 Å². The predicted octanol–water partition coefficient (Wildman–Crippen LogP) is 5.38. The Morgan fingerprint density at radius 2 is 1.05 bits per heavy atom. The average molecular weight is 535 g/mol. The first-order valence-corrected chi connectivity index (χ1v) is 14.0. The van der Waals surface area contributed by atoms with E-state index in [0.29, 0.717) is 19.8 Å². The molecule has 3 saturated heterocycles. The highest BCUT2D eigenvalue weighted by atomic mass is 16.6. The van der Waals surface area contributed by atoms with E-state index in [2.05, 4.69) is 91.0 Å². The highest BCUT2D eigenvalue weighted by Crippen LogP contribution is 2.58. The van der Waals surface area contributed by atoms with E-state index >= 15 is 0 Å². The van der Waals surface area contributed by atoms with Crippen molar-refractivity contribution in [1.29, 1.82) is 0 Å². The molecule has 4 aromatic rings. The first kappa shape index (κ1) is 24.0. The Labute approximate surface area is 233 Å². The Hall–Kier alpha value is -3.84. The Balaban J connectivity index is 1.26. The van der Waals surface area contributed by atoms with Crippen molar-refractivity contribution in [2.45, 2.75) is 23.7 Å². The number of benzene rings is 4. The largest absolute Gasteiger partial charge is 0.491 e. The van der Waals surface area contributed by atoms with E-state index in [9.17, 15) is 0 Å². The van der Waals surface area contributed by atoms with Gasteiger partial charge in [-0.05, 0) is 58.1 Å². The molecule has 6 nitrogen and oxygen atoms in total. The minimum atomic E-state index is -0.544. The molecule has 8 rings (SSSR count). The molecule has 0 spiro atoms. The smallest absolute Gasteiger partial charge is 0.127 e. The lowest BCUT2D eigenvalue weighted by atomic mass is 9.67. The van der Waals surface area contributed by atoms with Gasteiger partial charge in [0.05, 0.1) is 25.2 Å². The van der Waals surface area contributed by atoms with E-state index in [0.717, 1.165) is 53.8 Å². The molecule has 0 N–H and O–H groups in total. The van der Waals surface area contributed by atoms with E-state index in [1.165, 1.54) is 16.7 Å². The van der Waals surface area contributed by atoms with Crippen LogP contribution in [-0.4, -0.2) is 58.0 Å². The lowest BCUT2D eigenvalue weighted by molar-refractivity contribution is 0.263. The number of fused-ring (bicyclic) bond motifs is 3. The molecule has 3 fully saturated rings. The van der Waals surface area contributed by atoms with Crippen molar-refractivity contribution >= 4 is 0 Å². The number of epoxide rings is 3. The molecule has 0 aromatic heterocycles. The molecule has 3 unspecified atom stereocenters. The number of rotatable bonds is 11. The van der Waals surface area contributed by atoms with Crippen LogP contribution in [0.15, 0.2) is 91.0 Å². The van der Waals surface area contributed by atoms with Crippen molar-refractivity contribution < 1.29 is 28.4 Å². The van der Waals surface area contributed by atoms with Crippen LogP contribution in [0.4, 0.5) is 0 Å². The normalized spacial score (nSPS) is 25.1. The van der Waals surface area contributed by atoms with E-state index in [1.807, 2.05) is 0 Å². The van der Waals surface area contributed by atoms with Crippen LogP contribution in [0, 0.1) is 0 Å². The fourth-order valence-corrected chi connectivity index (χ4v) is 5.86. The molecule has 0 saturated carbocycles. The van der Waals surface area contributed by atoms with Gasteiger partial charge in [-0.2, -0.15) is 0 Å². The standard InChI is InChI=1S/C34H30O6/c1-2-5-30-29(4-1)33-31(6-3-7-32(33)40-21-28-20-39-28)34(30,22-8-12-24(13-9-22)35-16-26-18-37-26)23-10-14-25(15-11-23)36-17-27-19-38-27/h1-15,26-28H,16-21H2. The van der Waals surface area contributed by atoms with Crippen LogP contribution in [0.2, 0.25) is 0 Å². The molecule has 3 heterocycles. The third kappa shape index (κ3) is 4.33. The molecule has 1 aliphatic carbocycles. The zero-order chi connectivity index (χ0) is 26.5. The molecular weight excluding hydrogens is 504 g/mol. The maximum atomic E-state index is 6.36. The molecule has 0 radical (unpaired) electrons. The van der Waals surface area contributed by atoms with Crippen LogP contribution in [0.5, 0.6) is 17.2 Å². The molecular formula is C34H30O6. The van der Waals surface area contributed by atoms with Gasteiger partial charge in [0.15, 0.2) is 0 Å². The van der Waals surface area contributed by atoms with Gasteiger partial charge >= 0.3 is 0 Å². The summed E-state index contributed by atoms with van der Waals surface area (Å²) in [6.07, 6.45) is 0.608. The first-order valence-electron chi connectivity index (χ1n) is 14.0. The quantitative estimate of drug-likeness (QED) is 0.212. The highest BCUT2D eigenvalue weighted by Gasteiger charge is 2.47. The molecule has 0 amide bonds. The zero-order valence-electron chi connectivity index (χ0n) is 22.1. The van der Waals surface area contributed by atoms with E-state index in [4.69, 9.17) is 28.4 Å². The summed E-state index contributed by atoms with van der Waals surface area (Å²) >= 11 is 0. The van der Waals surface area contributed by atoms with Gasteiger partial charge in [0.2, 0.25) is 0 Å². The second-order valence-corrected chi connectivity index (χ2v) is 10.8. The van der Waals surface area contributed by atoms with Gasteiger partial charge in [-0.3, -0.25) is 0 Å². The Morgan fingerprint density at radius 3 is 1.60 bits per heavy atom. The van der Waals surface area contributed by atoms with E-state index < -0.39 is 5.41 Å². The monoisotopic (exact) mass is 534 g/mol. The van der Waals surface area contributed by atoms with Crippen molar-refractivity contribution in [1.82, 2.24) is 0 Å². The lowest BCUT2D eigenvalue weighted by Gasteiger charge is -2.34. The third-order valence-electron chi connectivity index (χ3n) is 8.11. The molecule has 3 atom stereocenters. The third-order valence-corrected chi connectivity index (χ3v) is 8.11. The van der Waals surface area contributed by atoms with Gasteiger partial charge in [0, 0.05) is 5.56 Å². The molecule has 0 bridgehead atoms. The molecule has 40 heavy (non-hydrogen) atoms. The van der Waals surface area contributed by atoms with Gasteiger partial charge in [0.1, 0.15) is 55.4 Å². The van der Waals surface area contributed by atoms with Crippen molar-refractivity contribution in [3.05, 3.63) is 113 Å². The van der Waals surface area contributed by atoms with Crippen LogP contribution in [0.3, 0.4) is 0 Å². The van der Waals surface area contributed by atoms with Crippen molar-refractivity contribution in [2.75, 3.05) is 39.6 Å². The van der Waals surface area contributed by atoms with Crippen LogP contribution in [0.1, 0.15) is 22.3 Å². The minimum Gasteiger partial charge on any atom is -0.491 e. The summed E-state index contributed by atoms with van der Waals surface area (Å²) in [6.45, 7) is 4.03. The topological polar surface area (TPSA) is 65.3 Å². The van der Waals surface area contributed by atoms with E-state index in [-0.39, 0.29) is 18.3 Å². The van der Waals surface area contributed by atoms with Gasteiger partial charge in [-0.25, -0.2) is 0 Å². The van der Waals surface area contributed by atoms with E-state index in [1.54, 1.807) is 0 Å². The molecule has 6 heteroatoms. The van der Waals surface area contributed by atoms with Crippen LogP contribution >= 0.6 is 0 Å². The molecule has 202 valence electrons. The van der Waals surface area contributed by atoms with Crippen LogP contribution in [-0.2, 0) is 19.6 Å². The highest BCUT2D eigenvalue weighted by molar-refractivity contribution is 5.89.